The quantitative estimate of drug-likeness (QED) is 0.778. The van der Waals surface area contributed by atoms with E-state index in [0.29, 0.717) is 6.54 Å². The lowest BCUT2D eigenvalue weighted by Crippen LogP contribution is -2.25. The van der Waals surface area contributed by atoms with E-state index in [4.69, 9.17) is 10.5 Å². The zero-order valence-electron chi connectivity index (χ0n) is 10.8. The molecule has 0 amide bonds. The lowest BCUT2D eigenvalue weighted by molar-refractivity contribution is 0.237. The van der Waals surface area contributed by atoms with Crippen LogP contribution in [0.3, 0.4) is 0 Å². The molecule has 2 heterocycles. The topological polar surface area (TPSA) is 47.3 Å². The summed E-state index contributed by atoms with van der Waals surface area (Å²) in [6.07, 6.45) is 1.11. The van der Waals surface area contributed by atoms with Gasteiger partial charge in [-0.3, -0.25) is 0 Å². The molecule has 2 aliphatic rings. The molecule has 0 saturated heterocycles. The molecule has 3 N–H and O–H groups in total. The average Bonchev–Trinajstić information content (AvgIpc) is 2.79. The van der Waals surface area contributed by atoms with Gasteiger partial charge in [0.1, 0.15) is 11.9 Å². The van der Waals surface area contributed by atoms with E-state index in [1.165, 1.54) is 22.4 Å². The first kappa shape index (κ1) is 10.9. The Labute approximate surface area is 102 Å². The van der Waals surface area contributed by atoms with Gasteiger partial charge in [0.2, 0.25) is 0 Å². The van der Waals surface area contributed by atoms with Gasteiger partial charge in [-0.1, -0.05) is 19.9 Å². The fourth-order valence-corrected chi connectivity index (χ4v) is 3.01. The highest BCUT2D eigenvalue weighted by atomic mass is 16.5. The van der Waals surface area contributed by atoms with Crippen LogP contribution in [0.2, 0.25) is 0 Å². The Morgan fingerprint density at radius 2 is 2.29 bits per heavy atom. The first-order chi connectivity index (χ1) is 8.03. The van der Waals surface area contributed by atoms with Gasteiger partial charge in [-0.25, -0.2) is 0 Å². The van der Waals surface area contributed by atoms with Crippen molar-refractivity contribution in [3.63, 3.8) is 0 Å². The second-order valence-electron chi connectivity index (χ2n) is 5.85. The molecular weight excluding hydrogens is 212 g/mol. The van der Waals surface area contributed by atoms with Crippen molar-refractivity contribution in [2.75, 3.05) is 18.4 Å². The Bertz CT molecular complexity index is 480. The van der Waals surface area contributed by atoms with E-state index in [0.717, 1.165) is 18.7 Å². The van der Waals surface area contributed by atoms with Crippen molar-refractivity contribution in [2.45, 2.75) is 38.7 Å². The fourth-order valence-electron chi connectivity index (χ4n) is 3.01. The number of anilines is 1. The molecule has 2 aliphatic heterocycles. The summed E-state index contributed by atoms with van der Waals surface area (Å²) >= 11 is 0. The molecule has 0 radical (unpaired) electrons. The van der Waals surface area contributed by atoms with Gasteiger partial charge in [-0.15, -0.1) is 0 Å². The summed E-state index contributed by atoms with van der Waals surface area (Å²) < 4.78 is 6.02. The van der Waals surface area contributed by atoms with Crippen molar-refractivity contribution in [1.29, 1.82) is 0 Å². The van der Waals surface area contributed by atoms with Crippen molar-refractivity contribution >= 4 is 5.69 Å². The Balaban J connectivity index is 2.18. The molecule has 1 atom stereocenters. The van der Waals surface area contributed by atoms with E-state index < -0.39 is 0 Å². The number of benzene rings is 1. The summed E-state index contributed by atoms with van der Waals surface area (Å²) in [6, 6.07) is 2.25. The van der Waals surface area contributed by atoms with E-state index in [1.54, 1.807) is 0 Å². The van der Waals surface area contributed by atoms with Gasteiger partial charge in [-0.05, 0) is 18.1 Å². The maximum Gasteiger partial charge on any atom is 0.129 e. The van der Waals surface area contributed by atoms with Gasteiger partial charge in [0.05, 0.1) is 0 Å². The van der Waals surface area contributed by atoms with E-state index in [1.807, 2.05) is 0 Å². The molecule has 0 aromatic heterocycles. The SMILES string of the molecule is Cc1cc2c(c3c1NCC3(C)C)OC(CN)C2. The molecular formula is C14H20N2O. The van der Waals surface area contributed by atoms with Crippen molar-refractivity contribution in [3.8, 4) is 5.75 Å². The van der Waals surface area contributed by atoms with E-state index in [9.17, 15) is 0 Å². The summed E-state index contributed by atoms with van der Waals surface area (Å²) in [5.74, 6) is 1.09. The van der Waals surface area contributed by atoms with Crippen LogP contribution in [-0.4, -0.2) is 19.2 Å². The minimum absolute atomic E-state index is 0.148. The molecule has 3 rings (SSSR count). The summed E-state index contributed by atoms with van der Waals surface area (Å²) in [6.45, 7) is 8.28. The van der Waals surface area contributed by atoms with E-state index >= 15 is 0 Å². The molecule has 0 aliphatic carbocycles. The third kappa shape index (κ3) is 1.45. The lowest BCUT2D eigenvalue weighted by Gasteiger charge is -2.21. The lowest BCUT2D eigenvalue weighted by atomic mass is 9.84. The van der Waals surface area contributed by atoms with Gasteiger partial charge < -0.3 is 15.8 Å². The van der Waals surface area contributed by atoms with Crippen LogP contribution in [0.4, 0.5) is 5.69 Å². The summed E-state index contributed by atoms with van der Waals surface area (Å²) in [5, 5.41) is 3.51. The monoisotopic (exact) mass is 232 g/mol. The van der Waals surface area contributed by atoms with E-state index in [-0.39, 0.29) is 11.5 Å². The normalized spacial score (nSPS) is 23.9. The van der Waals surface area contributed by atoms with Crippen LogP contribution < -0.4 is 15.8 Å². The maximum atomic E-state index is 6.02. The highest BCUT2D eigenvalue weighted by molar-refractivity contribution is 5.72. The minimum atomic E-state index is 0.148. The van der Waals surface area contributed by atoms with Gasteiger partial charge in [0, 0.05) is 36.2 Å². The highest BCUT2D eigenvalue weighted by Gasteiger charge is 2.38. The van der Waals surface area contributed by atoms with Crippen LogP contribution in [0, 0.1) is 6.92 Å². The van der Waals surface area contributed by atoms with Crippen molar-refractivity contribution in [3.05, 3.63) is 22.8 Å². The van der Waals surface area contributed by atoms with Crippen LogP contribution in [0.25, 0.3) is 0 Å². The number of ether oxygens (including phenoxy) is 1. The number of nitrogens with two attached hydrogens (primary N) is 1. The van der Waals surface area contributed by atoms with Crippen molar-refractivity contribution in [1.82, 2.24) is 0 Å². The Kier molecular flexibility index (Phi) is 2.17. The minimum Gasteiger partial charge on any atom is -0.488 e. The predicted octanol–water partition coefficient (Wildman–Crippen LogP) is 1.96. The number of rotatable bonds is 1. The van der Waals surface area contributed by atoms with Crippen molar-refractivity contribution in [2.24, 2.45) is 5.73 Å². The molecule has 1 unspecified atom stereocenters. The van der Waals surface area contributed by atoms with Crippen LogP contribution >= 0.6 is 0 Å². The summed E-state index contributed by atoms with van der Waals surface area (Å²) in [4.78, 5) is 0. The van der Waals surface area contributed by atoms with Gasteiger partial charge in [0.15, 0.2) is 0 Å². The predicted molar refractivity (Wildman–Crippen MR) is 69.9 cm³/mol. The van der Waals surface area contributed by atoms with Gasteiger partial charge >= 0.3 is 0 Å². The molecule has 17 heavy (non-hydrogen) atoms. The van der Waals surface area contributed by atoms with E-state index in [2.05, 4.69) is 32.2 Å². The Morgan fingerprint density at radius 3 is 3.00 bits per heavy atom. The average molecular weight is 232 g/mol. The highest BCUT2D eigenvalue weighted by Crippen LogP contribution is 2.48. The second kappa shape index (κ2) is 3.39. The third-order valence-electron chi connectivity index (χ3n) is 3.93. The zero-order chi connectivity index (χ0) is 12.2. The molecule has 3 nitrogen and oxygen atoms in total. The molecule has 3 heteroatoms. The van der Waals surface area contributed by atoms with Gasteiger partial charge in [-0.2, -0.15) is 0 Å². The van der Waals surface area contributed by atoms with Gasteiger partial charge in [0.25, 0.3) is 0 Å². The molecule has 0 bridgehead atoms. The standard InChI is InChI=1S/C14H20N2O/c1-8-4-9-5-10(6-15)17-13(9)11-12(8)16-7-14(11,2)3/h4,10,16H,5-7,15H2,1-3H3. The number of hydrogen-bond acceptors (Lipinski definition) is 3. The largest absolute Gasteiger partial charge is 0.488 e. The van der Waals surface area contributed by atoms with Crippen LogP contribution in [-0.2, 0) is 11.8 Å². The van der Waals surface area contributed by atoms with Crippen LogP contribution in [0.5, 0.6) is 5.75 Å². The third-order valence-corrected chi connectivity index (χ3v) is 3.93. The van der Waals surface area contributed by atoms with Crippen LogP contribution in [0.1, 0.15) is 30.5 Å². The summed E-state index contributed by atoms with van der Waals surface area (Å²) in [7, 11) is 0. The van der Waals surface area contributed by atoms with Crippen molar-refractivity contribution < 1.29 is 4.74 Å². The molecule has 0 spiro atoms. The second-order valence-corrected chi connectivity index (χ2v) is 5.85. The number of aryl methyl sites for hydroxylation is 1. The maximum absolute atomic E-state index is 6.02. The molecule has 92 valence electrons. The molecule has 1 aromatic rings. The fraction of sp³-hybridized carbons (Fsp3) is 0.571. The zero-order valence-corrected chi connectivity index (χ0v) is 10.8. The molecule has 0 fully saturated rings. The smallest absolute Gasteiger partial charge is 0.129 e. The molecule has 1 aromatic carbocycles. The summed E-state index contributed by atoms with van der Waals surface area (Å²) in [5.41, 5.74) is 11.1. The first-order valence-electron chi connectivity index (χ1n) is 6.30. The number of fused-ring (bicyclic) bond motifs is 3. The first-order valence-corrected chi connectivity index (χ1v) is 6.30. The number of nitrogens with one attached hydrogen (secondary N) is 1. The number of hydrogen-bond donors (Lipinski definition) is 2. The molecule has 0 saturated carbocycles. The Hall–Kier alpha value is -1.22. The van der Waals surface area contributed by atoms with Crippen LogP contribution in [0.15, 0.2) is 6.07 Å². The Morgan fingerprint density at radius 1 is 1.53 bits per heavy atom.